The highest BCUT2D eigenvalue weighted by atomic mass is 16.7. The number of aliphatic hydroxyl groups is 7. The Morgan fingerprint density at radius 3 is 1.54 bits per heavy atom. The summed E-state index contributed by atoms with van der Waals surface area (Å²) in [5.41, 5.74) is 0. The highest BCUT2D eigenvalue weighted by Gasteiger charge is 2.47. The van der Waals surface area contributed by atoms with E-state index in [2.05, 4.69) is 62.5 Å². The van der Waals surface area contributed by atoms with Gasteiger partial charge in [0.05, 0.1) is 26.4 Å². The van der Waals surface area contributed by atoms with E-state index in [1.165, 1.54) is 77.0 Å². The minimum absolute atomic E-state index is 0.0526. The third kappa shape index (κ3) is 28.4. The zero-order valence-electron chi connectivity index (χ0n) is 41.4. The molecule has 0 aliphatic carbocycles. The molecule has 0 spiro atoms. The van der Waals surface area contributed by atoms with Gasteiger partial charge in [-0.2, -0.15) is 0 Å². The molecule has 14 nitrogen and oxygen atoms in total. The monoisotopic (exact) mass is 955 g/mol. The van der Waals surface area contributed by atoms with E-state index in [1.54, 1.807) is 0 Å². The number of rotatable bonds is 41. The molecule has 0 saturated carbocycles. The molecule has 0 aromatic heterocycles. The number of esters is 1. The molecule has 11 unspecified atom stereocenters. The van der Waals surface area contributed by atoms with E-state index >= 15 is 0 Å². The van der Waals surface area contributed by atoms with Crippen LogP contribution in [0.15, 0.2) is 48.6 Å². The van der Waals surface area contributed by atoms with Crippen molar-refractivity contribution >= 4 is 5.97 Å². The molecule has 2 aliphatic rings. The number of allylic oxidation sites excluding steroid dienone is 8. The van der Waals surface area contributed by atoms with Crippen LogP contribution in [-0.4, -0.2) is 142 Å². The molecule has 67 heavy (non-hydrogen) atoms. The second-order valence-electron chi connectivity index (χ2n) is 18.3. The summed E-state index contributed by atoms with van der Waals surface area (Å²) in [6, 6.07) is 0. The largest absolute Gasteiger partial charge is 0.457 e. The molecule has 0 amide bonds. The number of aliphatic hydroxyl groups excluding tert-OH is 7. The van der Waals surface area contributed by atoms with Crippen LogP contribution in [0.2, 0.25) is 0 Å². The zero-order chi connectivity index (χ0) is 48.7. The summed E-state index contributed by atoms with van der Waals surface area (Å²) in [6.45, 7) is 3.55. The maximum Gasteiger partial charge on any atom is 0.306 e. The Morgan fingerprint density at radius 2 is 0.970 bits per heavy atom. The van der Waals surface area contributed by atoms with Crippen molar-refractivity contribution in [1.82, 2.24) is 0 Å². The van der Waals surface area contributed by atoms with Crippen LogP contribution >= 0.6 is 0 Å². The summed E-state index contributed by atoms with van der Waals surface area (Å²) < 4.78 is 34.3. The summed E-state index contributed by atoms with van der Waals surface area (Å²) in [7, 11) is 0. The first kappa shape index (κ1) is 61.1. The number of ether oxygens (including phenoxy) is 6. The molecule has 0 aromatic carbocycles. The molecule has 11 atom stereocenters. The highest BCUT2D eigenvalue weighted by Crippen LogP contribution is 2.26. The number of hydrogen-bond donors (Lipinski definition) is 7. The predicted octanol–water partition coefficient (Wildman–Crippen LogP) is 7.96. The Kier molecular flexibility index (Phi) is 37.1. The summed E-state index contributed by atoms with van der Waals surface area (Å²) in [4.78, 5) is 13.0. The van der Waals surface area contributed by atoms with Gasteiger partial charge in [0.15, 0.2) is 12.6 Å². The van der Waals surface area contributed by atoms with Gasteiger partial charge in [0.2, 0.25) is 0 Å². The van der Waals surface area contributed by atoms with E-state index in [-0.39, 0.29) is 25.6 Å². The standard InChI is InChI=1S/C53H94O14/c1-3-5-7-9-11-13-15-17-19-21-22-24-26-28-30-32-34-36-45(55)65-42(39-62-37-35-33-31-29-27-25-23-20-18-16-14-12-10-8-6-4-2)40-63-52-51(61)49(59)47(57)44(67-52)41-64-53-50(60)48(58)46(56)43(38-54)66-53/h5,7,11,13,17-20,42-44,46-54,56-61H,3-4,6,8-10,12,14-16,21-41H2,1-2H3/b7-5-,13-11-,19-17-,20-18-. The molecule has 2 fully saturated rings. The van der Waals surface area contributed by atoms with Crippen molar-refractivity contribution < 1.29 is 69.0 Å². The van der Waals surface area contributed by atoms with E-state index in [0.717, 1.165) is 77.0 Å². The van der Waals surface area contributed by atoms with Gasteiger partial charge in [0.1, 0.15) is 54.9 Å². The van der Waals surface area contributed by atoms with Gasteiger partial charge >= 0.3 is 5.97 Å². The SMILES string of the molecule is CC/C=C\C/C=C\C/C=C\CCCCCCCCCC(=O)OC(COCCCCCCCC/C=C\CCCCCCCC)COC1OC(COC2OC(CO)C(O)C(O)C2O)C(O)C(O)C1O. The first-order valence-corrected chi connectivity index (χ1v) is 26.2. The first-order valence-electron chi connectivity index (χ1n) is 26.2. The Hall–Kier alpha value is -2.05. The van der Waals surface area contributed by atoms with E-state index < -0.39 is 80.7 Å². The summed E-state index contributed by atoms with van der Waals surface area (Å²) in [6.07, 6.45) is 30.2. The molecule has 7 N–H and O–H groups in total. The lowest BCUT2D eigenvalue weighted by molar-refractivity contribution is -0.332. The Morgan fingerprint density at radius 1 is 0.507 bits per heavy atom. The number of unbranched alkanes of at least 4 members (excludes halogenated alkanes) is 19. The van der Waals surface area contributed by atoms with E-state index in [0.29, 0.717) is 13.0 Å². The number of carbonyl (C=O) groups is 1. The molecular weight excluding hydrogens is 861 g/mol. The summed E-state index contributed by atoms with van der Waals surface area (Å²) in [5, 5.41) is 72.2. The lowest BCUT2D eigenvalue weighted by atomic mass is 9.98. The lowest BCUT2D eigenvalue weighted by Gasteiger charge is -2.42. The van der Waals surface area contributed by atoms with Crippen molar-refractivity contribution in [3.05, 3.63) is 48.6 Å². The van der Waals surface area contributed by atoms with Crippen molar-refractivity contribution in [2.24, 2.45) is 0 Å². The van der Waals surface area contributed by atoms with E-state index in [9.17, 15) is 40.5 Å². The van der Waals surface area contributed by atoms with Gasteiger partial charge in [-0.3, -0.25) is 4.79 Å². The van der Waals surface area contributed by atoms with Crippen LogP contribution in [0.3, 0.4) is 0 Å². The van der Waals surface area contributed by atoms with Gasteiger partial charge < -0.3 is 64.2 Å². The third-order valence-electron chi connectivity index (χ3n) is 12.3. The highest BCUT2D eigenvalue weighted by molar-refractivity contribution is 5.69. The van der Waals surface area contributed by atoms with Gasteiger partial charge in [0, 0.05) is 13.0 Å². The minimum Gasteiger partial charge on any atom is -0.457 e. The topological polar surface area (TPSA) is 214 Å². The molecule has 0 radical (unpaired) electrons. The molecule has 14 heteroatoms. The van der Waals surface area contributed by atoms with Crippen LogP contribution in [-0.2, 0) is 33.2 Å². The van der Waals surface area contributed by atoms with Gasteiger partial charge in [-0.25, -0.2) is 0 Å². The van der Waals surface area contributed by atoms with Gasteiger partial charge in [-0.05, 0) is 70.6 Å². The fourth-order valence-electron chi connectivity index (χ4n) is 8.06. The van der Waals surface area contributed by atoms with Crippen LogP contribution in [0.25, 0.3) is 0 Å². The van der Waals surface area contributed by atoms with Crippen LogP contribution in [0, 0.1) is 0 Å². The average molecular weight is 955 g/mol. The Bertz CT molecular complexity index is 1290. The fraction of sp³-hybridized carbons (Fsp3) is 0.830. The molecular formula is C53H94O14. The Labute approximate surface area is 403 Å². The molecule has 2 aliphatic heterocycles. The van der Waals surface area contributed by atoms with E-state index in [1.807, 2.05) is 0 Å². The smallest absolute Gasteiger partial charge is 0.306 e. The van der Waals surface area contributed by atoms with Gasteiger partial charge in [-0.15, -0.1) is 0 Å². The van der Waals surface area contributed by atoms with Crippen molar-refractivity contribution in [2.75, 3.05) is 33.0 Å². The molecule has 0 aromatic rings. The molecule has 0 bridgehead atoms. The fourth-order valence-corrected chi connectivity index (χ4v) is 8.06. The van der Waals surface area contributed by atoms with Crippen LogP contribution in [0.4, 0.5) is 0 Å². The maximum atomic E-state index is 13.0. The quantitative estimate of drug-likeness (QED) is 0.0176. The number of hydrogen-bond acceptors (Lipinski definition) is 14. The minimum atomic E-state index is -1.71. The van der Waals surface area contributed by atoms with Crippen LogP contribution in [0.5, 0.6) is 0 Å². The second-order valence-corrected chi connectivity index (χ2v) is 18.3. The number of carbonyl (C=O) groups excluding carboxylic acids is 1. The normalized spacial score (nSPS) is 26.5. The van der Waals surface area contributed by atoms with Crippen LogP contribution in [0.1, 0.15) is 181 Å². The second kappa shape index (κ2) is 40.7. The van der Waals surface area contributed by atoms with Crippen LogP contribution < -0.4 is 0 Å². The molecule has 390 valence electrons. The molecule has 2 rings (SSSR count). The predicted molar refractivity (Wildman–Crippen MR) is 261 cm³/mol. The van der Waals surface area contributed by atoms with Gasteiger partial charge in [0.25, 0.3) is 0 Å². The average Bonchev–Trinajstić information content (AvgIpc) is 3.32. The third-order valence-corrected chi connectivity index (χ3v) is 12.3. The van der Waals surface area contributed by atoms with Crippen molar-refractivity contribution in [3.8, 4) is 0 Å². The van der Waals surface area contributed by atoms with Crippen molar-refractivity contribution in [3.63, 3.8) is 0 Å². The first-order chi connectivity index (χ1) is 32.6. The molecule has 2 saturated heterocycles. The summed E-state index contributed by atoms with van der Waals surface area (Å²) >= 11 is 0. The molecule has 2 heterocycles. The summed E-state index contributed by atoms with van der Waals surface area (Å²) in [5.74, 6) is -0.389. The van der Waals surface area contributed by atoms with Crippen molar-refractivity contribution in [1.29, 1.82) is 0 Å². The van der Waals surface area contributed by atoms with Crippen molar-refractivity contribution in [2.45, 2.75) is 248 Å². The Balaban J connectivity index is 1.77. The maximum absolute atomic E-state index is 13.0. The lowest BCUT2D eigenvalue weighted by Crippen LogP contribution is -2.61. The van der Waals surface area contributed by atoms with Gasteiger partial charge in [-0.1, -0.05) is 152 Å². The van der Waals surface area contributed by atoms with E-state index in [4.69, 9.17) is 28.4 Å². The zero-order valence-corrected chi connectivity index (χ0v) is 41.4.